The van der Waals surface area contributed by atoms with Crippen LogP contribution >= 0.6 is 34.5 Å². The normalized spacial score (nSPS) is 15.9. The Bertz CT molecular complexity index is 1290. The molecule has 2 aromatic heterocycles. The molecule has 0 unspecified atom stereocenters. The number of carbonyl (C=O) groups is 1. The molecule has 0 atom stereocenters. The summed E-state index contributed by atoms with van der Waals surface area (Å²) in [6, 6.07) is 10.6. The highest BCUT2D eigenvalue weighted by atomic mass is 35.5. The van der Waals surface area contributed by atoms with E-state index < -0.39 is 21.3 Å². The first-order chi connectivity index (χ1) is 15.1. The van der Waals surface area contributed by atoms with Crippen LogP contribution in [0.4, 0.5) is 4.39 Å². The topological polar surface area (TPSA) is 79.4 Å². The molecule has 0 saturated carbocycles. The summed E-state index contributed by atoms with van der Waals surface area (Å²) in [6.07, 6.45) is 1.45. The molecule has 0 radical (unpaired) electrons. The van der Waals surface area contributed by atoms with E-state index in [1.165, 1.54) is 34.8 Å². The number of pyridine rings is 1. The molecule has 1 N–H and O–H groups in total. The van der Waals surface area contributed by atoms with Crippen LogP contribution in [0.3, 0.4) is 0 Å². The molecular weight excluding hydrogens is 496 g/mol. The average molecular weight is 514 g/mol. The summed E-state index contributed by atoms with van der Waals surface area (Å²) in [4.78, 5) is 16.9. The van der Waals surface area contributed by atoms with E-state index in [0.29, 0.717) is 20.5 Å². The van der Waals surface area contributed by atoms with E-state index >= 15 is 0 Å². The van der Waals surface area contributed by atoms with Crippen molar-refractivity contribution in [2.45, 2.75) is 16.5 Å². The van der Waals surface area contributed by atoms with Gasteiger partial charge in [0.15, 0.2) is 0 Å². The van der Waals surface area contributed by atoms with E-state index in [4.69, 9.17) is 23.2 Å². The molecule has 6 nitrogen and oxygen atoms in total. The molecular formula is C21H18Cl2FN3O3S2. The number of sulfonamides is 1. The first-order valence-electron chi connectivity index (χ1n) is 9.53. The van der Waals surface area contributed by atoms with Gasteiger partial charge in [0, 0.05) is 36.4 Å². The fourth-order valence-electron chi connectivity index (χ4n) is 3.71. The van der Waals surface area contributed by atoms with Crippen molar-refractivity contribution >= 4 is 50.5 Å². The Kier molecular flexibility index (Phi) is 6.30. The first kappa shape index (κ1) is 23.1. The van der Waals surface area contributed by atoms with E-state index in [9.17, 15) is 17.6 Å². The zero-order chi connectivity index (χ0) is 23.1. The highest BCUT2D eigenvalue weighted by Gasteiger charge is 2.52. The summed E-state index contributed by atoms with van der Waals surface area (Å²) in [5, 5.41) is 3.33. The summed E-state index contributed by atoms with van der Waals surface area (Å²) in [5.41, 5.74) is 0.238. The van der Waals surface area contributed by atoms with Gasteiger partial charge in [0.25, 0.3) is 15.9 Å². The second-order valence-corrected chi connectivity index (χ2v) is 11.9. The van der Waals surface area contributed by atoms with Crippen molar-refractivity contribution in [3.05, 3.63) is 80.7 Å². The molecule has 0 aliphatic carbocycles. The van der Waals surface area contributed by atoms with E-state index in [-0.39, 0.29) is 35.4 Å². The van der Waals surface area contributed by atoms with Gasteiger partial charge in [-0.05, 0) is 55.0 Å². The lowest BCUT2D eigenvalue weighted by molar-refractivity contribution is 0.0894. The third kappa shape index (κ3) is 4.27. The number of halogens is 3. The van der Waals surface area contributed by atoms with Crippen LogP contribution in [0, 0.1) is 12.7 Å². The number of hydrogen-bond acceptors (Lipinski definition) is 5. The van der Waals surface area contributed by atoms with E-state index in [2.05, 4.69) is 10.3 Å². The van der Waals surface area contributed by atoms with Gasteiger partial charge in [-0.3, -0.25) is 9.78 Å². The maximum absolute atomic E-state index is 14.6. The predicted molar refractivity (Wildman–Crippen MR) is 122 cm³/mol. The third-order valence-corrected chi connectivity index (χ3v) is 9.11. The SMILES string of the molecule is Cc1cc(Cl)ccc1C(=O)NCC1(c2ncccc2F)CN(S(=O)(=O)c2ccc(Cl)s2)C1. The van der Waals surface area contributed by atoms with Crippen LogP contribution in [0.5, 0.6) is 0 Å². The lowest BCUT2D eigenvalue weighted by Crippen LogP contribution is -2.65. The molecule has 1 saturated heterocycles. The van der Waals surface area contributed by atoms with Crippen LogP contribution < -0.4 is 5.32 Å². The number of nitrogens with one attached hydrogen (secondary N) is 1. The van der Waals surface area contributed by atoms with E-state index in [1.54, 1.807) is 25.1 Å². The summed E-state index contributed by atoms with van der Waals surface area (Å²) >= 11 is 12.8. The second kappa shape index (κ2) is 8.72. The summed E-state index contributed by atoms with van der Waals surface area (Å²) in [5.74, 6) is -0.915. The fourth-order valence-corrected chi connectivity index (χ4v) is 7.19. The third-order valence-electron chi connectivity index (χ3n) is 5.38. The second-order valence-electron chi connectivity index (χ2n) is 7.59. The van der Waals surface area contributed by atoms with Crippen LogP contribution in [0.25, 0.3) is 0 Å². The summed E-state index contributed by atoms with van der Waals surface area (Å²) < 4.78 is 42.2. The molecule has 1 amide bonds. The van der Waals surface area contributed by atoms with Gasteiger partial charge in [0.2, 0.25) is 0 Å². The highest BCUT2D eigenvalue weighted by molar-refractivity contribution is 7.91. The van der Waals surface area contributed by atoms with Crippen LogP contribution in [0.1, 0.15) is 21.6 Å². The molecule has 1 aliphatic rings. The summed E-state index contributed by atoms with van der Waals surface area (Å²) in [7, 11) is -3.79. The zero-order valence-electron chi connectivity index (χ0n) is 16.8. The van der Waals surface area contributed by atoms with Crippen molar-refractivity contribution < 1.29 is 17.6 Å². The number of rotatable bonds is 6. The molecule has 0 bridgehead atoms. The van der Waals surface area contributed by atoms with Gasteiger partial charge in [0.05, 0.1) is 15.4 Å². The number of aryl methyl sites for hydroxylation is 1. The lowest BCUT2D eigenvalue weighted by Gasteiger charge is -2.48. The maximum atomic E-state index is 14.6. The van der Waals surface area contributed by atoms with Crippen molar-refractivity contribution in [1.82, 2.24) is 14.6 Å². The van der Waals surface area contributed by atoms with Crippen LogP contribution in [-0.2, 0) is 15.4 Å². The standard InChI is InChI=1S/C21H18Cl2FN3O3S2/c1-13-9-14(22)4-5-15(13)20(28)26-10-21(19-16(24)3-2-8-25-19)11-27(12-21)32(29,30)18-7-6-17(23)31-18/h2-9H,10-12H2,1H3,(H,26,28). The van der Waals surface area contributed by atoms with Crippen molar-refractivity contribution in [3.8, 4) is 0 Å². The maximum Gasteiger partial charge on any atom is 0.252 e. The minimum Gasteiger partial charge on any atom is -0.351 e. The summed E-state index contributed by atoms with van der Waals surface area (Å²) in [6.45, 7) is 1.72. The van der Waals surface area contributed by atoms with Gasteiger partial charge in [-0.1, -0.05) is 23.2 Å². The predicted octanol–water partition coefficient (Wildman–Crippen LogP) is 4.27. The van der Waals surface area contributed by atoms with E-state index in [1.807, 2.05) is 0 Å². The van der Waals surface area contributed by atoms with Gasteiger partial charge < -0.3 is 5.32 Å². The highest BCUT2D eigenvalue weighted by Crippen LogP contribution is 2.39. The van der Waals surface area contributed by atoms with Gasteiger partial charge in [-0.25, -0.2) is 12.8 Å². The number of carbonyl (C=O) groups excluding carboxylic acids is 1. The molecule has 11 heteroatoms. The zero-order valence-corrected chi connectivity index (χ0v) is 20.0. The van der Waals surface area contributed by atoms with Gasteiger partial charge >= 0.3 is 0 Å². The molecule has 168 valence electrons. The van der Waals surface area contributed by atoms with Crippen LogP contribution in [0.2, 0.25) is 9.36 Å². The monoisotopic (exact) mass is 513 g/mol. The molecule has 0 spiro atoms. The van der Waals surface area contributed by atoms with Crippen molar-refractivity contribution in [1.29, 1.82) is 0 Å². The average Bonchev–Trinajstić information content (AvgIpc) is 3.15. The Balaban J connectivity index is 1.59. The lowest BCUT2D eigenvalue weighted by atomic mass is 9.77. The molecule has 1 aromatic carbocycles. The smallest absolute Gasteiger partial charge is 0.252 e. The Morgan fingerprint density at radius 3 is 2.62 bits per heavy atom. The van der Waals surface area contributed by atoms with Crippen LogP contribution in [-0.4, -0.2) is 43.2 Å². The van der Waals surface area contributed by atoms with Crippen molar-refractivity contribution in [2.75, 3.05) is 19.6 Å². The Hall–Kier alpha value is -2.04. The largest absolute Gasteiger partial charge is 0.351 e. The molecule has 4 rings (SSSR count). The number of thiophene rings is 1. The Labute approximate surface area is 199 Å². The minimum atomic E-state index is -3.79. The van der Waals surface area contributed by atoms with Crippen LogP contribution in [0.15, 0.2) is 52.9 Å². The van der Waals surface area contributed by atoms with Crippen molar-refractivity contribution in [2.24, 2.45) is 0 Å². The minimum absolute atomic E-state index is 0.0129. The molecule has 32 heavy (non-hydrogen) atoms. The van der Waals surface area contributed by atoms with Gasteiger partial charge in [0.1, 0.15) is 10.0 Å². The Morgan fingerprint density at radius 1 is 1.25 bits per heavy atom. The number of amides is 1. The fraction of sp³-hybridized carbons (Fsp3) is 0.238. The first-order valence-corrected chi connectivity index (χ1v) is 12.5. The van der Waals surface area contributed by atoms with Crippen molar-refractivity contribution in [3.63, 3.8) is 0 Å². The van der Waals surface area contributed by atoms with Gasteiger partial charge in [-0.2, -0.15) is 4.31 Å². The quantitative estimate of drug-likeness (QED) is 0.533. The molecule has 3 heterocycles. The molecule has 1 aliphatic heterocycles. The number of nitrogens with zero attached hydrogens (tertiary/aromatic N) is 2. The number of hydrogen-bond donors (Lipinski definition) is 1. The molecule has 3 aromatic rings. The number of aromatic nitrogens is 1. The Morgan fingerprint density at radius 2 is 2.00 bits per heavy atom. The van der Waals surface area contributed by atoms with E-state index in [0.717, 1.165) is 11.3 Å². The van der Waals surface area contributed by atoms with Gasteiger partial charge in [-0.15, -0.1) is 11.3 Å². The molecule has 1 fully saturated rings. The number of benzene rings is 1.